The second-order valence-corrected chi connectivity index (χ2v) is 24.4. The van der Waals surface area contributed by atoms with Gasteiger partial charge < -0.3 is 55.9 Å². The number of carbonyl (C=O) groups excluding carboxylic acids is 3. The minimum atomic E-state index is -4.99. The number of benzene rings is 2. The SMILES string of the molecule is CC[N+](CC)(CC(=O)OCC(=O)[C@@]12O[C@H](C3CCCCC3)O[C@@H]1CC1C3CCC4=CC(=O)C=C[C@]4(C)C3[C@@H](O)C[C@@]12C)Cc1cc([C@@H](O)CNCCCCCCOCCCCc2ccccc2)ccc1OP(=O)(O)O.[Cl-]. The molecule has 0 aromatic heterocycles. The number of allylic oxidation sites excluding steroid dienone is 4. The minimum Gasteiger partial charge on any atom is -1.00 e. The molecule has 3 unspecified atom stereocenters. The van der Waals surface area contributed by atoms with E-state index in [0.29, 0.717) is 43.6 Å². The molecule has 5 aliphatic carbocycles. The van der Waals surface area contributed by atoms with Gasteiger partial charge >= 0.3 is 13.8 Å². The van der Waals surface area contributed by atoms with Crippen LogP contribution in [0.25, 0.3) is 0 Å². The van der Waals surface area contributed by atoms with Gasteiger partial charge in [-0.05, 0) is 138 Å². The third-order valence-corrected chi connectivity index (χ3v) is 19.1. The fourth-order valence-electron chi connectivity index (χ4n) is 14.5. The molecule has 0 spiro atoms. The lowest BCUT2D eigenvalue weighted by atomic mass is 9.46. The van der Waals surface area contributed by atoms with E-state index >= 15 is 4.79 Å². The maximum atomic E-state index is 15.2. The highest BCUT2D eigenvalue weighted by Crippen LogP contribution is 2.70. The van der Waals surface area contributed by atoms with Crippen molar-refractivity contribution in [3.8, 4) is 5.75 Å². The maximum absolute atomic E-state index is 15.2. The number of halogens is 1. The number of fused-ring (bicyclic) bond motifs is 7. The second-order valence-electron chi connectivity index (χ2n) is 23.2. The van der Waals surface area contributed by atoms with Crippen molar-refractivity contribution in [1.29, 1.82) is 0 Å². The largest absolute Gasteiger partial charge is 1.00 e. The predicted molar refractivity (Wildman–Crippen MR) is 284 cm³/mol. The first-order valence-corrected chi connectivity index (χ1v) is 29.8. The fourth-order valence-corrected chi connectivity index (χ4v) is 14.9. The zero-order valence-electron chi connectivity index (χ0n) is 45.4. The quantitative estimate of drug-likeness (QED) is 0.0310. The van der Waals surface area contributed by atoms with Crippen molar-refractivity contribution < 1.29 is 79.3 Å². The van der Waals surface area contributed by atoms with Gasteiger partial charge in [0.15, 0.2) is 30.8 Å². The van der Waals surface area contributed by atoms with E-state index in [2.05, 4.69) is 43.4 Å². The van der Waals surface area contributed by atoms with Crippen LogP contribution in [-0.2, 0) is 50.9 Å². The second kappa shape index (κ2) is 26.3. The van der Waals surface area contributed by atoms with E-state index in [1.807, 2.05) is 26.0 Å². The van der Waals surface area contributed by atoms with Crippen LogP contribution in [-0.4, -0.2) is 119 Å². The van der Waals surface area contributed by atoms with Crippen LogP contribution in [0.4, 0.5) is 0 Å². The Bertz CT molecular complexity index is 2390. The number of phosphoric acid groups is 1. The summed E-state index contributed by atoms with van der Waals surface area (Å²) in [4.78, 5) is 61.6. The van der Waals surface area contributed by atoms with Gasteiger partial charge in [0.25, 0.3) is 0 Å². The third kappa shape index (κ3) is 13.5. The summed E-state index contributed by atoms with van der Waals surface area (Å²) in [6.45, 7) is 10.8. The molecule has 0 bridgehead atoms. The van der Waals surface area contributed by atoms with Gasteiger partial charge in [-0.3, -0.25) is 19.4 Å². The topological polar surface area (TPSA) is 207 Å². The van der Waals surface area contributed by atoms with Crippen LogP contribution < -0.4 is 22.2 Å². The number of unbranched alkanes of at least 4 members (excludes halogenated alkanes) is 4. The highest BCUT2D eigenvalue weighted by atomic mass is 35.5. The number of ether oxygens (including phenoxy) is 4. The van der Waals surface area contributed by atoms with Crippen LogP contribution >= 0.6 is 7.82 Å². The number of likely N-dealkylation sites (N-methyl/N-ethyl adjacent to an activating group) is 1. The number of nitrogens with zero attached hydrogens (tertiary/aromatic N) is 1. The molecule has 2 aromatic rings. The summed E-state index contributed by atoms with van der Waals surface area (Å²) in [6.07, 6.45) is 17.2. The molecule has 8 rings (SSSR count). The third-order valence-electron chi connectivity index (χ3n) is 18.6. The molecule has 17 heteroatoms. The minimum absolute atomic E-state index is 0. The van der Waals surface area contributed by atoms with Gasteiger partial charge in [0.1, 0.15) is 12.3 Å². The van der Waals surface area contributed by atoms with Crippen molar-refractivity contribution in [2.75, 3.05) is 52.5 Å². The fraction of sp³-hybridized carbons (Fsp3) is 0.678. The Kier molecular flexibility index (Phi) is 20.9. The molecule has 76 heavy (non-hydrogen) atoms. The summed E-state index contributed by atoms with van der Waals surface area (Å²) in [5.41, 5.74) is 0.570. The Labute approximate surface area is 457 Å². The molecule has 15 nitrogen and oxygen atoms in total. The molecule has 6 aliphatic rings. The molecule has 5 fully saturated rings. The van der Waals surface area contributed by atoms with Gasteiger partial charge in [-0.25, -0.2) is 9.36 Å². The smallest absolute Gasteiger partial charge is 0.524 e. The van der Waals surface area contributed by atoms with Crippen molar-refractivity contribution in [3.05, 3.63) is 89.0 Å². The first-order chi connectivity index (χ1) is 35.9. The molecule has 5 N–H and O–H groups in total. The number of hydrogen-bond donors (Lipinski definition) is 5. The first kappa shape index (κ1) is 60.3. The van der Waals surface area contributed by atoms with Crippen molar-refractivity contribution >= 4 is 25.4 Å². The van der Waals surface area contributed by atoms with Crippen LogP contribution in [0.2, 0.25) is 0 Å². The Hall–Kier alpha value is -3.31. The normalized spacial score (nSPS) is 29.6. The monoisotopic (exact) mass is 1100 g/mol. The molecule has 422 valence electrons. The maximum Gasteiger partial charge on any atom is 0.524 e. The number of quaternary nitrogens is 1. The van der Waals surface area contributed by atoms with Gasteiger partial charge in [-0.1, -0.05) is 94.0 Å². The van der Waals surface area contributed by atoms with Crippen molar-refractivity contribution in [1.82, 2.24) is 5.32 Å². The van der Waals surface area contributed by atoms with E-state index in [4.69, 9.17) is 23.5 Å². The van der Waals surface area contributed by atoms with Crippen LogP contribution in [0.5, 0.6) is 5.75 Å². The Morgan fingerprint density at radius 2 is 1.67 bits per heavy atom. The molecule has 0 radical (unpaired) electrons. The van der Waals surface area contributed by atoms with E-state index in [1.165, 1.54) is 11.6 Å². The Morgan fingerprint density at radius 1 is 0.947 bits per heavy atom. The highest BCUT2D eigenvalue weighted by molar-refractivity contribution is 7.46. The summed E-state index contributed by atoms with van der Waals surface area (Å²) >= 11 is 0. The van der Waals surface area contributed by atoms with E-state index in [-0.39, 0.29) is 77.5 Å². The number of nitrogens with one attached hydrogen (secondary N) is 1. The van der Waals surface area contributed by atoms with Crippen molar-refractivity contribution in [2.24, 2.45) is 34.5 Å². The van der Waals surface area contributed by atoms with Crippen LogP contribution in [0.1, 0.15) is 147 Å². The molecular formula is C59H86ClN2O13P. The van der Waals surface area contributed by atoms with Gasteiger partial charge in [0.05, 0.1) is 31.4 Å². The number of hydrogen-bond acceptors (Lipinski definition) is 12. The lowest BCUT2D eigenvalue weighted by Gasteiger charge is -2.59. The molecule has 1 aliphatic heterocycles. The lowest BCUT2D eigenvalue weighted by molar-refractivity contribution is -0.931. The van der Waals surface area contributed by atoms with Crippen molar-refractivity contribution in [3.63, 3.8) is 0 Å². The summed E-state index contributed by atoms with van der Waals surface area (Å²) in [5, 5.41) is 26.9. The highest BCUT2D eigenvalue weighted by Gasteiger charge is 2.76. The number of aryl methyl sites for hydroxylation is 1. The van der Waals surface area contributed by atoms with Crippen LogP contribution in [0.3, 0.4) is 0 Å². The molecule has 4 saturated carbocycles. The number of ketones is 2. The average Bonchev–Trinajstić information content (AvgIpc) is 3.90. The zero-order valence-corrected chi connectivity index (χ0v) is 47.0. The number of rotatable bonds is 27. The Balaban J connectivity index is 0.00000840. The first-order valence-electron chi connectivity index (χ1n) is 28.3. The number of esters is 1. The number of aliphatic hydroxyl groups excluding tert-OH is 2. The summed E-state index contributed by atoms with van der Waals surface area (Å²) in [5.74, 6) is -1.09. The molecule has 1 saturated heterocycles. The van der Waals surface area contributed by atoms with Gasteiger partial charge in [-0.15, -0.1) is 0 Å². The number of aliphatic hydroxyl groups is 2. The van der Waals surface area contributed by atoms with Gasteiger partial charge in [-0.2, -0.15) is 0 Å². The van der Waals surface area contributed by atoms with Crippen molar-refractivity contribution in [2.45, 2.75) is 167 Å². The molecule has 2 aromatic carbocycles. The molecule has 10 atom stereocenters. The number of carbonyl (C=O) groups is 3. The zero-order chi connectivity index (χ0) is 53.4. The molecule has 1 heterocycles. The Morgan fingerprint density at radius 3 is 2.39 bits per heavy atom. The van der Waals surface area contributed by atoms with Gasteiger partial charge in [0.2, 0.25) is 5.78 Å². The van der Waals surface area contributed by atoms with Crippen LogP contribution in [0, 0.1) is 34.5 Å². The van der Waals surface area contributed by atoms with Crippen LogP contribution in [0.15, 0.2) is 72.3 Å². The standard InChI is InChI=1S/C59H85N2O13P.ClH/c1-5-61(6-2,38-44-33-43(24-27-51(44)74-75(67,68)69)50(64)37-60-30-16-7-8-17-31-70-32-18-15-21-41-19-11-9-12-20-41)39-54(66)71-40-52(65)59-53(72-56(73-59)42-22-13-10-14-23-42)35-48-47-26-25-45-34-46(62)28-29-57(45,3)55(47)49(63)36-58(48,59)4;/h9,11-12,19-20,24,27-29,33-34,42,47-50,53,55-56,60,63-64H,5-8,10,13-18,21-23,25-26,30-32,35-40H2,1-4H3,(H-,67,68,69);1H/t47?,48?,49-,50-,53+,55?,56+,57-,58-,59+;/m0./s1. The van der Waals surface area contributed by atoms with E-state index in [0.717, 1.165) is 109 Å². The van der Waals surface area contributed by atoms with E-state index in [9.17, 15) is 34.2 Å². The molecular weight excluding hydrogens is 1010 g/mol. The van der Waals surface area contributed by atoms with E-state index < -0.39 is 61.4 Å². The van der Waals surface area contributed by atoms with E-state index in [1.54, 1.807) is 24.3 Å². The summed E-state index contributed by atoms with van der Waals surface area (Å²) in [7, 11) is -4.99. The average molecular weight is 1100 g/mol. The number of Topliss-reactive ketones (excluding diaryl/α,β-unsaturated/α-hetero) is 1. The number of phosphoric ester groups is 1. The van der Waals surface area contributed by atoms with Gasteiger partial charge in [0, 0.05) is 48.0 Å². The lowest BCUT2D eigenvalue weighted by Crippen LogP contribution is -3.00. The predicted octanol–water partition coefficient (Wildman–Crippen LogP) is 5.80. The summed E-state index contributed by atoms with van der Waals surface area (Å²) in [6, 6.07) is 15.2. The molecule has 0 amide bonds. The summed E-state index contributed by atoms with van der Waals surface area (Å²) < 4.78 is 43.3.